The molecule has 0 aromatic rings. The normalized spacial score (nSPS) is 21.6. The molecule has 7 heteroatoms. The number of piperidine rings is 1. The van der Waals surface area contributed by atoms with Gasteiger partial charge in [0.25, 0.3) is 0 Å². The van der Waals surface area contributed by atoms with Crippen LogP contribution in [0.2, 0.25) is 0 Å². The zero-order valence-corrected chi connectivity index (χ0v) is 14.7. The molecule has 1 saturated heterocycles. The van der Waals surface area contributed by atoms with Crippen molar-refractivity contribution in [2.24, 2.45) is 0 Å². The summed E-state index contributed by atoms with van der Waals surface area (Å²) in [6, 6.07) is 0.291. The van der Waals surface area contributed by atoms with E-state index in [0.29, 0.717) is 35.8 Å². The first-order valence-electron chi connectivity index (χ1n) is 8.43. The van der Waals surface area contributed by atoms with Gasteiger partial charge >= 0.3 is 0 Å². The third-order valence-corrected chi connectivity index (χ3v) is 4.46. The lowest BCUT2D eigenvalue weighted by Crippen LogP contribution is -2.41. The van der Waals surface area contributed by atoms with E-state index in [2.05, 4.69) is 15.5 Å². The quantitative estimate of drug-likeness (QED) is 0.502. The Bertz CT molecular complexity index is 621. The maximum Gasteiger partial charge on any atom is 0.211 e. The number of nitrogens with one attached hydrogen (secondary N) is 3. The summed E-state index contributed by atoms with van der Waals surface area (Å²) in [6.45, 7) is 5.45. The van der Waals surface area contributed by atoms with Gasteiger partial charge in [-0.15, -0.1) is 0 Å². The molecule has 1 aliphatic heterocycles. The first-order valence-corrected chi connectivity index (χ1v) is 8.43. The lowest BCUT2D eigenvalue weighted by molar-refractivity contribution is -0.109. The summed E-state index contributed by atoms with van der Waals surface area (Å²) < 4.78 is 0. The Morgan fingerprint density at radius 2 is 2.00 bits per heavy atom. The van der Waals surface area contributed by atoms with Crippen LogP contribution in [0.3, 0.4) is 0 Å². The zero-order valence-electron chi connectivity index (χ0n) is 14.7. The van der Waals surface area contributed by atoms with Gasteiger partial charge in [-0.3, -0.25) is 9.69 Å². The number of hydrogen-bond donors (Lipinski definition) is 4. The summed E-state index contributed by atoms with van der Waals surface area (Å²) in [5.41, 5.74) is 0.766. The van der Waals surface area contributed by atoms with Gasteiger partial charge < -0.3 is 25.9 Å². The molecule has 1 fully saturated rings. The molecule has 136 valence electrons. The molecule has 1 aliphatic carbocycles. The first kappa shape index (κ1) is 19.1. The minimum atomic E-state index is -1.15. The second-order valence-corrected chi connectivity index (χ2v) is 6.86. The van der Waals surface area contributed by atoms with Crippen molar-refractivity contribution in [3.05, 3.63) is 35.2 Å². The number of aldehydes is 1. The van der Waals surface area contributed by atoms with Gasteiger partial charge in [-0.05, 0) is 38.8 Å². The Morgan fingerprint density at radius 3 is 2.56 bits per heavy atom. The predicted octanol–water partition coefficient (Wildman–Crippen LogP) is 0.484. The van der Waals surface area contributed by atoms with Crippen molar-refractivity contribution in [1.29, 1.82) is 5.41 Å². The van der Waals surface area contributed by atoms with Crippen LogP contribution < -0.4 is 10.6 Å². The summed E-state index contributed by atoms with van der Waals surface area (Å²) in [5.74, 6) is 0. The molecule has 0 atom stereocenters. The third-order valence-electron chi connectivity index (χ3n) is 4.46. The van der Waals surface area contributed by atoms with Gasteiger partial charge in [-0.1, -0.05) is 0 Å². The lowest BCUT2D eigenvalue weighted by Gasteiger charge is -2.31. The second kappa shape index (κ2) is 8.22. The molecule has 7 nitrogen and oxygen atoms in total. The maximum atomic E-state index is 10.8. The monoisotopic (exact) mass is 346 g/mol. The summed E-state index contributed by atoms with van der Waals surface area (Å²) in [4.78, 5) is 23.5. The summed E-state index contributed by atoms with van der Waals surface area (Å²) in [6.07, 6.45) is 8.40. The van der Waals surface area contributed by atoms with E-state index < -0.39 is 5.60 Å². The molecule has 2 aliphatic rings. The highest BCUT2D eigenvalue weighted by atomic mass is 16.3. The molecule has 0 aromatic heterocycles. The molecule has 0 unspecified atom stereocenters. The molecular weight excluding hydrogens is 320 g/mol. The zero-order chi connectivity index (χ0) is 18.4. The van der Waals surface area contributed by atoms with Crippen molar-refractivity contribution < 1.29 is 14.7 Å². The SMILES string of the molecule is CC(C)(O)C1=CC(=N)/C(=C\NC2CCN(CC=O)CC2)C=C1NC=O. The fourth-order valence-corrected chi connectivity index (χ4v) is 3.02. The van der Waals surface area contributed by atoms with Gasteiger partial charge in [0, 0.05) is 42.2 Å². The van der Waals surface area contributed by atoms with Crippen molar-refractivity contribution in [2.75, 3.05) is 19.6 Å². The number of allylic oxidation sites excluding steroid dienone is 3. The van der Waals surface area contributed by atoms with Crippen LogP contribution in [0.25, 0.3) is 0 Å². The summed E-state index contributed by atoms with van der Waals surface area (Å²) in [5, 5.41) is 24.3. The van der Waals surface area contributed by atoms with Crippen LogP contribution in [0.15, 0.2) is 35.2 Å². The molecule has 0 aromatic carbocycles. The van der Waals surface area contributed by atoms with Gasteiger partial charge in [0.05, 0.1) is 17.9 Å². The Balaban J connectivity index is 2.05. The Morgan fingerprint density at radius 1 is 1.32 bits per heavy atom. The molecule has 0 saturated carbocycles. The maximum absolute atomic E-state index is 10.8. The Hall–Kier alpha value is -2.25. The highest BCUT2D eigenvalue weighted by Gasteiger charge is 2.27. The molecule has 0 bridgehead atoms. The number of rotatable bonds is 7. The van der Waals surface area contributed by atoms with Crippen molar-refractivity contribution in [3.63, 3.8) is 0 Å². The predicted molar refractivity (Wildman–Crippen MR) is 96.1 cm³/mol. The van der Waals surface area contributed by atoms with Gasteiger partial charge in [-0.2, -0.15) is 0 Å². The number of hydrogen-bond acceptors (Lipinski definition) is 6. The van der Waals surface area contributed by atoms with E-state index >= 15 is 0 Å². The minimum absolute atomic E-state index is 0.277. The minimum Gasteiger partial charge on any atom is -0.388 e. The third kappa shape index (κ3) is 5.11. The topological polar surface area (TPSA) is 106 Å². The molecule has 0 spiro atoms. The van der Waals surface area contributed by atoms with Crippen molar-refractivity contribution >= 4 is 18.4 Å². The molecule has 0 radical (unpaired) electrons. The van der Waals surface area contributed by atoms with Gasteiger partial charge in [-0.25, -0.2) is 0 Å². The van der Waals surface area contributed by atoms with E-state index in [1.165, 1.54) is 0 Å². The largest absolute Gasteiger partial charge is 0.388 e. The smallest absolute Gasteiger partial charge is 0.211 e. The fourth-order valence-electron chi connectivity index (χ4n) is 3.02. The molecule has 25 heavy (non-hydrogen) atoms. The van der Waals surface area contributed by atoms with Crippen LogP contribution in [0.4, 0.5) is 0 Å². The summed E-state index contributed by atoms with van der Waals surface area (Å²) >= 11 is 0. The fraction of sp³-hybridized carbons (Fsp3) is 0.500. The average molecular weight is 346 g/mol. The number of amides is 1. The van der Waals surface area contributed by atoms with E-state index in [0.717, 1.165) is 32.2 Å². The number of carbonyl (C=O) groups excluding carboxylic acids is 2. The van der Waals surface area contributed by atoms with Crippen LogP contribution in [-0.2, 0) is 9.59 Å². The van der Waals surface area contributed by atoms with Crippen LogP contribution >= 0.6 is 0 Å². The van der Waals surface area contributed by atoms with Crippen LogP contribution in [0.1, 0.15) is 26.7 Å². The first-order chi connectivity index (χ1) is 11.8. The van der Waals surface area contributed by atoms with Crippen LogP contribution in [0, 0.1) is 5.41 Å². The van der Waals surface area contributed by atoms with Crippen molar-refractivity contribution in [3.8, 4) is 0 Å². The standard InChI is InChI=1S/C18H26N4O3/c1-18(2,25)15-10-16(19)13(9-17(15)21-12-24)11-20-14-3-5-22(6-4-14)7-8-23/h8-12,14,19-20,25H,3-7H2,1-2H3,(H,21,24)/b13-11-,19-16?. The second-order valence-electron chi connectivity index (χ2n) is 6.86. The van der Waals surface area contributed by atoms with Gasteiger partial charge in [0.2, 0.25) is 6.41 Å². The van der Waals surface area contributed by atoms with Crippen molar-refractivity contribution in [1.82, 2.24) is 15.5 Å². The number of carbonyl (C=O) groups is 2. The number of likely N-dealkylation sites (tertiary alicyclic amines) is 1. The molecule has 1 amide bonds. The van der Waals surface area contributed by atoms with Gasteiger partial charge in [0.1, 0.15) is 6.29 Å². The van der Waals surface area contributed by atoms with Crippen LogP contribution in [0.5, 0.6) is 0 Å². The van der Waals surface area contributed by atoms with E-state index in [1.54, 1.807) is 32.2 Å². The Labute approximate surface area is 148 Å². The van der Waals surface area contributed by atoms with E-state index in [-0.39, 0.29) is 5.71 Å². The molecule has 2 rings (SSSR count). The highest BCUT2D eigenvalue weighted by Crippen LogP contribution is 2.27. The number of nitrogens with zero attached hydrogens (tertiary/aromatic N) is 1. The number of aliphatic hydroxyl groups is 1. The average Bonchev–Trinajstić information content (AvgIpc) is 2.56. The van der Waals surface area contributed by atoms with E-state index in [1.807, 2.05) is 0 Å². The van der Waals surface area contributed by atoms with Crippen molar-refractivity contribution in [2.45, 2.75) is 38.3 Å². The Kier molecular flexibility index (Phi) is 6.27. The van der Waals surface area contributed by atoms with Gasteiger partial charge in [0.15, 0.2) is 0 Å². The molecule has 1 heterocycles. The van der Waals surface area contributed by atoms with E-state index in [4.69, 9.17) is 5.41 Å². The van der Waals surface area contributed by atoms with Crippen LogP contribution in [-0.4, -0.2) is 59.7 Å². The lowest BCUT2D eigenvalue weighted by atomic mass is 9.87. The highest BCUT2D eigenvalue weighted by molar-refractivity contribution is 6.10. The van der Waals surface area contributed by atoms with E-state index in [9.17, 15) is 14.7 Å². The summed E-state index contributed by atoms with van der Waals surface area (Å²) in [7, 11) is 0. The molecular formula is C18H26N4O3. The molecule has 4 N–H and O–H groups in total.